The van der Waals surface area contributed by atoms with Gasteiger partial charge < -0.3 is 4.40 Å². The number of hydrogen-bond acceptors (Lipinski definition) is 3. The zero-order valence-corrected chi connectivity index (χ0v) is 12.5. The molecule has 0 spiro atoms. The van der Waals surface area contributed by atoms with Crippen LogP contribution in [0.1, 0.15) is 11.4 Å². The highest BCUT2D eigenvalue weighted by atomic mass is 32.2. The average Bonchev–Trinajstić information content (AvgIpc) is 2.87. The van der Waals surface area contributed by atoms with Crippen LogP contribution in [0.3, 0.4) is 0 Å². The molecule has 0 amide bonds. The Morgan fingerprint density at radius 2 is 1.65 bits per heavy atom. The van der Waals surface area contributed by atoms with Gasteiger partial charge in [0.1, 0.15) is 5.65 Å². The lowest BCUT2D eigenvalue weighted by Crippen LogP contribution is -2.14. The maximum Gasteiger partial charge on any atom is 0.435 e. The molecule has 0 fully saturated rings. The minimum atomic E-state index is -4.73. The van der Waals surface area contributed by atoms with E-state index in [4.69, 9.17) is 0 Å². The predicted molar refractivity (Wildman–Crippen MR) is 77.5 cm³/mol. The maximum absolute atomic E-state index is 13.2. The van der Waals surface area contributed by atoms with Crippen molar-refractivity contribution >= 4 is 15.5 Å². The lowest BCUT2D eigenvalue weighted by Gasteiger charge is -2.09. The van der Waals surface area contributed by atoms with Gasteiger partial charge in [-0.05, 0) is 24.3 Å². The fourth-order valence-corrected chi connectivity index (χ4v) is 3.68. The van der Waals surface area contributed by atoms with Crippen LogP contribution >= 0.6 is 0 Å². The molecule has 3 aromatic rings. The second kappa shape index (κ2) is 5.38. The molecular formula is C15H11F3N2O2S. The van der Waals surface area contributed by atoms with E-state index in [1.807, 2.05) is 0 Å². The summed E-state index contributed by atoms with van der Waals surface area (Å²) in [4.78, 5) is 3.51. The molecule has 0 N–H and O–H groups in total. The fourth-order valence-electron chi connectivity index (χ4n) is 2.30. The molecule has 0 atom stereocenters. The van der Waals surface area contributed by atoms with E-state index in [1.54, 1.807) is 6.07 Å². The zero-order valence-electron chi connectivity index (χ0n) is 11.7. The second-order valence-corrected chi connectivity index (χ2v) is 6.90. The summed E-state index contributed by atoms with van der Waals surface area (Å²) in [5, 5.41) is 0. The van der Waals surface area contributed by atoms with Gasteiger partial charge in [0.05, 0.1) is 16.3 Å². The minimum Gasteiger partial charge on any atom is -0.302 e. The SMILES string of the molecule is O=S(=O)(Cc1c(C(F)(F)F)nc2ccccn12)c1ccccc1. The van der Waals surface area contributed by atoms with Crippen LogP contribution in [-0.2, 0) is 21.8 Å². The smallest absolute Gasteiger partial charge is 0.302 e. The van der Waals surface area contributed by atoms with Crippen molar-refractivity contribution < 1.29 is 21.6 Å². The topological polar surface area (TPSA) is 51.4 Å². The zero-order chi connectivity index (χ0) is 16.7. The predicted octanol–water partition coefficient (Wildman–Crippen LogP) is 3.33. The summed E-state index contributed by atoms with van der Waals surface area (Å²) >= 11 is 0. The first-order chi connectivity index (χ1) is 10.8. The van der Waals surface area contributed by atoms with Gasteiger partial charge >= 0.3 is 6.18 Å². The Morgan fingerprint density at radius 1 is 1.00 bits per heavy atom. The molecule has 0 saturated carbocycles. The molecule has 2 aromatic heterocycles. The molecule has 120 valence electrons. The highest BCUT2D eigenvalue weighted by Gasteiger charge is 2.39. The molecule has 1 aromatic carbocycles. The summed E-state index contributed by atoms with van der Waals surface area (Å²) in [6, 6.07) is 11.8. The van der Waals surface area contributed by atoms with Crippen molar-refractivity contribution in [3.8, 4) is 0 Å². The number of alkyl halides is 3. The van der Waals surface area contributed by atoms with Crippen molar-refractivity contribution in [3.05, 3.63) is 66.1 Å². The summed E-state index contributed by atoms with van der Waals surface area (Å²) < 4.78 is 65.6. The second-order valence-electron chi connectivity index (χ2n) is 4.91. The molecule has 0 saturated heterocycles. The van der Waals surface area contributed by atoms with Crippen LogP contribution in [0.5, 0.6) is 0 Å². The molecule has 3 rings (SSSR count). The highest BCUT2D eigenvalue weighted by molar-refractivity contribution is 7.90. The maximum atomic E-state index is 13.2. The van der Waals surface area contributed by atoms with Crippen molar-refractivity contribution in [1.82, 2.24) is 9.38 Å². The number of aromatic nitrogens is 2. The molecule has 2 heterocycles. The standard InChI is InChI=1S/C15H11F3N2O2S/c16-15(17,18)14-12(20-9-5-4-8-13(20)19-14)10-23(21,22)11-6-2-1-3-7-11/h1-9H,10H2. The monoisotopic (exact) mass is 340 g/mol. The van der Waals surface area contributed by atoms with E-state index in [0.29, 0.717) is 0 Å². The van der Waals surface area contributed by atoms with Crippen molar-refractivity contribution in [2.24, 2.45) is 0 Å². The van der Waals surface area contributed by atoms with Gasteiger partial charge in [-0.25, -0.2) is 13.4 Å². The Morgan fingerprint density at radius 3 is 2.30 bits per heavy atom. The molecule has 0 aliphatic carbocycles. The first-order valence-corrected chi connectivity index (χ1v) is 8.25. The highest BCUT2D eigenvalue weighted by Crippen LogP contribution is 2.33. The number of pyridine rings is 1. The third kappa shape index (κ3) is 2.94. The Bertz CT molecular complexity index is 948. The summed E-state index contributed by atoms with van der Waals surface area (Å²) in [7, 11) is -3.92. The van der Waals surface area contributed by atoms with E-state index in [-0.39, 0.29) is 10.5 Å². The number of benzene rings is 1. The fraction of sp³-hybridized carbons (Fsp3) is 0.133. The van der Waals surface area contributed by atoms with Crippen molar-refractivity contribution in [2.45, 2.75) is 16.8 Å². The van der Waals surface area contributed by atoms with Crippen LogP contribution in [0.15, 0.2) is 59.6 Å². The van der Waals surface area contributed by atoms with Gasteiger partial charge in [0.15, 0.2) is 15.5 Å². The van der Waals surface area contributed by atoms with Crippen LogP contribution in [0.2, 0.25) is 0 Å². The summed E-state index contributed by atoms with van der Waals surface area (Å²) in [6.45, 7) is 0. The van der Waals surface area contributed by atoms with E-state index >= 15 is 0 Å². The van der Waals surface area contributed by atoms with Gasteiger partial charge in [-0.2, -0.15) is 13.2 Å². The first-order valence-electron chi connectivity index (χ1n) is 6.60. The number of imidazole rings is 1. The van der Waals surface area contributed by atoms with Crippen molar-refractivity contribution in [2.75, 3.05) is 0 Å². The third-order valence-electron chi connectivity index (χ3n) is 3.33. The van der Waals surface area contributed by atoms with E-state index in [1.165, 1.54) is 48.7 Å². The van der Waals surface area contributed by atoms with E-state index in [0.717, 1.165) is 4.40 Å². The van der Waals surface area contributed by atoms with Gasteiger partial charge in [0.25, 0.3) is 0 Å². The Labute approximate surface area is 130 Å². The normalized spacial score (nSPS) is 12.7. The van der Waals surface area contributed by atoms with Crippen LogP contribution < -0.4 is 0 Å². The number of hydrogen-bond donors (Lipinski definition) is 0. The summed E-state index contributed by atoms with van der Waals surface area (Å²) in [5.41, 5.74) is -1.52. The van der Waals surface area contributed by atoms with Crippen LogP contribution in [0.4, 0.5) is 13.2 Å². The molecule has 0 bridgehead atoms. The third-order valence-corrected chi connectivity index (χ3v) is 4.97. The number of rotatable bonds is 3. The van der Waals surface area contributed by atoms with Gasteiger partial charge in [0, 0.05) is 6.20 Å². The van der Waals surface area contributed by atoms with Gasteiger partial charge in [0.2, 0.25) is 0 Å². The quantitative estimate of drug-likeness (QED) is 0.735. The van der Waals surface area contributed by atoms with Crippen molar-refractivity contribution in [1.29, 1.82) is 0 Å². The number of nitrogens with zero attached hydrogens (tertiary/aromatic N) is 2. The summed E-state index contributed by atoms with van der Waals surface area (Å²) in [6.07, 6.45) is -3.36. The van der Waals surface area contributed by atoms with Crippen molar-refractivity contribution in [3.63, 3.8) is 0 Å². The number of sulfone groups is 1. The van der Waals surface area contributed by atoms with Crippen LogP contribution in [-0.4, -0.2) is 17.8 Å². The lowest BCUT2D eigenvalue weighted by atomic mass is 10.3. The molecular weight excluding hydrogens is 329 g/mol. The molecule has 0 aliphatic rings. The van der Waals surface area contributed by atoms with Crippen LogP contribution in [0.25, 0.3) is 5.65 Å². The van der Waals surface area contributed by atoms with Crippen LogP contribution in [0, 0.1) is 0 Å². The number of halogens is 3. The number of fused-ring (bicyclic) bond motifs is 1. The van der Waals surface area contributed by atoms with Gasteiger partial charge in [-0.1, -0.05) is 24.3 Å². The molecule has 0 aliphatic heterocycles. The molecule has 0 radical (unpaired) electrons. The Hall–Kier alpha value is -2.35. The molecule has 0 unspecified atom stereocenters. The Balaban J connectivity index is 2.16. The molecule has 23 heavy (non-hydrogen) atoms. The summed E-state index contributed by atoms with van der Waals surface area (Å²) in [5.74, 6) is -0.781. The average molecular weight is 340 g/mol. The van der Waals surface area contributed by atoms with E-state index < -0.39 is 33.2 Å². The minimum absolute atomic E-state index is 0.0287. The van der Waals surface area contributed by atoms with E-state index in [2.05, 4.69) is 4.98 Å². The van der Waals surface area contributed by atoms with Gasteiger partial charge in [-0.15, -0.1) is 0 Å². The molecule has 8 heteroatoms. The molecule has 4 nitrogen and oxygen atoms in total. The van der Waals surface area contributed by atoms with E-state index in [9.17, 15) is 21.6 Å². The first kappa shape index (κ1) is 15.5. The lowest BCUT2D eigenvalue weighted by molar-refractivity contribution is -0.141. The Kier molecular flexibility index (Phi) is 3.63. The largest absolute Gasteiger partial charge is 0.435 e. The van der Waals surface area contributed by atoms with Gasteiger partial charge in [-0.3, -0.25) is 0 Å².